The van der Waals surface area contributed by atoms with E-state index >= 15 is 0 Å². The standard InChI is InChI=1S/C17H14N2O4S/c18-10-11-2-1-3-12(6-11)13-7-14(17(20)21)9-16(8-13)24(22,23)19-15-4-5-15/h1-3,6-9,15,19H,4-5H2,(H,20,21). The third-order valence-corrected chi connectivity index (χ3v) is 5.19. The lowest BCUT2D eigenvalue weighted by Crippen LogP contribution is -2.26. The van der Waals surface area contributed by atoms with E-state index in [9.17, 15) is 18.3 Å². The summed E-state index contributed by atoms with van der Waals surface area (Å²) in [5.74, 6) is -1.21. The number of rotatable bonds is 5. The normalized spacial score (nSPS) is 14.1. The van der Waals surface area contributed by atoms with Gasteiger partial charge in [-0.15, -0.1) is 0 Å². The number of hydrogen-bond donors (Lipinski definition) is 2. The van der Waals surface area contributed by atoms with Crippen molar-refractivity contribution in [1.82, 2.24) is 4.72 Å². The molecule has 0 aliphatic heterocycles. The van der Waals surface area contributed by atoms with Gasteiger partial charge in [0.2, 0.25) is 10.0 Å². The first-order valence-corrected chi connectivity index (χ1v) is 8.78. The van der Waals surface area contributed by atoms with Gasteiger partial charge in [0.15, 0.2) is 0 Å². The van der Waals surface area contributed by atoms with Gasteiger partial charge in [0.1, 0.15) is 0 Å². The van der Waals surface area contributed by atoms with Gasteiger partial charge in [0.05, 0.1) is 22.1 Å². The van der Waals surface area contributed by atoms with E-state index in [1.807, 2.05) is 6.07 Å². The predicted molar refractivity (Wildman–Crippen MR) is 86.9 cm³/mol. The second kappa shape index (κ2) is 6.07. The molecular formula is C17H14N2O4S. The first-order valence-electron chi connectivity index (χ1n) is 7.30. The van der Waals surface area contributed by atoms with Crippen LogP contribution in [-0.2, 0) is 10.0 Å². The number of carboxylic acids is 1. The minimum Gasteiger partial charge on any atom is -0.478 e. The van der Waals surface area contributed by atoms with Crippen LogP contribution in [0.1, 0.15) is 28.8 Å². The molecule has 0 atom stereocenters. The van der Waals surface area contributed by atoms with E-state index in [2.05, 4.69) is 4.72 Å². The Kier molecular flexibility index (Phi) is 4.09. The zero-order valence-electron chi connectivity index (χ0n) is 12.6. The molecule has 0 aromatic heterocycles. The Balaban J connectivity index is 2.12. The van der Waals surface area contributed by atoms with Gasteiger partial charge >= 0.3 is 5.97 Å². The predicted octanol–water partition coefficient (Wildman–Crippen LogP) is 2.36. The van der Waals surface area contributed by atoms with Crippen LogP contribution in [0.2, 0.25) is 0 Å². The molecule has 1 aliphatic carbocycles. The number of nitriles is 1. The van der Waals surface area contributed by atoms with Crippen LogP contribution < -0.4 is 4.72 Å². The van der Waals surface area contributed by atoms with Gasteiger partial charge in [-0.2, -0.15) is 5.26 Å². The fourth-order valence-corrected chi connectivity index (χ4v) is 3.68. The van der Waals surface area contributed by atoms with E-state index in [0.717, 1.165) is 18.9 Å². The largest absolute Gasteiger partial charge is 0.478 e. The fraction of sp³-hybridized carbons (Fsp3) is 0.176. The number of aromatic carboxylic acids is 1. The second-order valence-corrected chi connectivity index (χ2v) is 7.35. The highest BCUT2D eigenvalue weighted by Crippen LogP contribution is 2.27. The third kappa shape index (κ3) is 3.45. The minimum atomic E-state index is -3.78. The number of hydrogen-bond acceptors (Lipinski definition) is 4. The van der Waals surface area contributed by atoms with Crippen LogP contribution in [-0.4, -0.2) is 25.5 Å². The Morgan fingerprint density at radius 2 is 1.92 bits per heavy atom. The minimum absolute atomic E-state index is 0.0751. The number of carbonyl (C=O) groups is 1. The van der Waals surface area contributed by atoms with Crippen LogP contribution in [0.5, 0.6) is 0 Å². The molecule has 2 N–H and O–H groups in total. The maximum atomic E-state index is 12.4. The van der Waals surface area contributed by atoms with Crippen molar-refractivity contribution in [3.8, 4) is 17.2 Å². The lowest BCUT2D eigenvalue weighted by Gasteiger charge is -2.10. The van der Waals surface area contributed by atoms with Crippen molar-refractivity contribution in [2.45, 2.75) is 23.8 Å². The van der Waals surface area contributed by atoms with Crippen molar-refractivity contribution in [3.05, 3.63) is 53.6 Å². The lowest BCUT2D eigenvalue weighted by molar-refractivity contribution is 0.0696. The molecule has 2 aromatic rings. The maximum absolute atomic E-state index is 12.4. The summed E-state index contributed by atoms with van der Waals surface area (Å²) in [6.45, 7) is 0. The Bertz CT molecular complexity index is 957. The first kappa shape index (κ1) is 16.2. The molecule has 122 valence electrons. The molecule has 0 spiro atoms. The molecule has 1 aliphatic rings. The average molecular weight is 342 g/mol. The number of carboxylic acid groups (broad SMARTS) is 1. The first-order chi connectivity index (χ1) is 11.4. The summed E-state index contributed by atoms with van der Waals surface area (Å²) >= 11 is 0. The van der Waals surface area contributed by atoms with E-state index in [1.165, 1.54) is 12.1 Å². The Labute approximate surface area is 139 Å². The zero-order valence-corrected chi connectivity index (χ0v) is 13.4. The summed E-state index contributed by atoms with van der Waals surface area (Å²) in [4.78, 5) is 11.3. The molecule has 3 rings (SSSR count). The van der Waals surface area contributed by atoms with Crippen molar-refractivity contribution in [2.24, 2.45) is 0 Å². The van der Waals surface area contributed by atoms with Gasteiger partial charge in [-0.25, -0.2) is 17.9 Å². The highest BCUT2D eigenvalue weighted by Gasteiger charge is 2.28. The van der Waals surface area contributed by atoms with Gasteiger partial charge in [-0.05, 0) is 54.3 Å². The van der Waals surface area contributed by atoms with Gasteiger partial charge in [-0.1, -0.05) is 12.1 Å². The van der Waals surface area contributed by atoms with Gasteiger partial charge in [0.25, 0.3) is 0 Å². The number of benzene rings is 2. The molecular weight excluding hydrogens is 328 g/mol. The van der Waals surface area contributed by atoms with Crippen molar-refractivity contribution in [1.29, 1.82) is 5.26 Å². The lowest BCUT2D eigenvalue weighted by atomic mass is 10.0. The van der Waals surface area contributed by atoms with Crippen molar-refractivity contribution < 1.29 is 18.3 Å². The van der Waals surface area contributed by atoms with Crippen molar-refractivity contribution in [3.63, 3.8) is 0 Å². The summed E-state index contributed by atoms with van der Waals surface area (Å²) < 4.78 is 27.4. The maximum Gasteiger partial charge on any atom is 0.335 e. The summed E-state index contributed by atoms with van der Waals surface area (Å²) in [5, 5.41) is 18.3. The Morgan fingerprint density at radius 3 is 2.54 bits per heavy atom. The average Bonchev–Trinajstić information content (AvgIpc) is 3.37. The van der Waals surface area contributed by atoms with E-state index in [-0.39, 0.29) is 16.5 Å². The summed E-state index contributed by atoms with van der Waals surface area (Å²) in [7, 11) is -3.78. The molecule has 0 saturated heterocycles. The van der Waals surface area contributed by atoms with E-state index in [1.54, 1.807) is 24.3 Å². The number of nitrogens with zero attached hydrogens (tertiary/aromatic N) is 1. The van der Waals surface area contributed by atoms with Gasteiger partial charge in [-0.3, -0.25) is 0 Å². The highest BCUT2D eigenvalue weighted by atomic mass is 32.2. The van der Waals surface area contributed by atoms with Crippen LogP contribution in [0.4, 0.5) is 0 Å². The molecule has 1 fully saturated rings. The summed E-state index contributed by atoms with van der Waals surface area (Å²) in [6.07, 6.45) is 1.57. The molecule has 0 unspecified atom stereocenters. The molecule has 0 bridgehead atoms. The molecule has 0 radical (unpaired) electrons. The monoisotopic (exact) mass is 342 g/mol. The fourth-order valence-electron chi connectivity index (χ4n) is 2.30. The molecule has 6 nitrogen and oxygen atoms in total. The molecule has 0 amide bonds. The second-order valence-electron chi connectivity index (χ2n) is 5.64. The van der Waals surface area contributed by atoms with E-state index in [4.69, 9.17) is 5.26 Å². The van der Waals surface area contributed by atoms with Crippen molar-refractivity contribution >= 4 is 16.0 Å². The number of sulfonamides is 1. The quantitative estimate of drug-likeness (QED) is 0.867. The van der Waals surface area contributed by atoms with Gasteiger partial charge < -0.3 is 5.11 Å². The van der Waals surface area contributed by atoms with Gasteiger partial charge in [0, 0.05) is 6.04 Å². The van der Waals surface area contributed by atoms with E-state index in [0.29, 0.717) is 16.7 Å². The topological polar surface area (TPSA) is 107 Å². The molecule has 1 saturated carbocycles. The summed E-state index contributed by atoms with van der Waals surface area (Å²) in [5.41, 5.74) is 1.31. The number of nitrogens with one attached hydrogen (secondary N) is 1. The van der Waals surface area contributed by atoms with Crippen LogP contribution >= 0.6 is 0 Å². The van der Waals surface area contributed by atoms with E-state index < -0.39 is 16.0 Å². The Hall–Kier alpha value is -2.69. The highest BCUT2D eigenvalue weighted by molar-refractivity contribution is 7.89. The summed E-state index contributed by atoms with van der Waals surface area (Å²) in [6, 6.07) is 12.5. The Morgan fingerprint density at radius 1 is 1.17 bits per heavy atom. The van der Waals surface area contributed by atoms with Crippen molar-refractivity contribution in [2.75, 3.05) is 0 Å². The molecule has 2 aromatic carbocycles. The SMILES string of the molecule is N#Cc1cccc(-c2cc(C(=O)O)cc(S(=O)(=O)NC3CC3)c2)c1. The molecule has 0 heterocycles. The smallest absolute Gasteiger partial charge is 0.335 e. The van der Waals surface area contributed by atoms with Crippen LogP contribution in [0.3, 0.4) is 0 Å². The molecule has 7 heteroatoms. The third-order valence-electron chi connectivity index (χ3n) is 3.69. The molecule has 24 heavy (non-hydrogen) atoms. The van der Waals surface area contributed by atoms with Crippen LogP contribution in [0.15, 0.2) is 47.4 Å². The van der Waals surface area contributed by atoms with Crippen LogP contribution in [0.25, 0.3) is 11.1 Å². The van der Waals surface area contributed by atoms with Crippen LogP contribution in [0, 0.1) is 11.3 Å². The zero-order chi connectivity index (χ0) is 17.3.